The van der Waals surface area contributed by atoms with E-state index in [1.165, 1.54) is 0 Å². The molecule has 4 heteroatoms. The van der Waals surface area contributed by atoms with Gasteiger partial charge in [0.05, 0.1) is 11.3 Å². The smallest absolute Gasteiger partial charge is 0.254 e. The molecule has 0 aliphatic carbocycles. The number of nitrogens with zero attached hydrogens (tertiary/aromatic N) is 1. The van der Waals surface area contributed by atoms with Gasteiger partial charge < -0.3 is 10.2 Å². The minimum atomic E-state index is -0.467. The maximum atomic E-state index is 13.0. The molecule has 1 aliphatic heterocycles. The molecule has 0 saturated heterocycles. The van der Waals surface area contributed by atoms with Gasteiger partial charge in [0.25, 0.3) is 5.91 Å². The molecule has 0 aromatic heterocycles. The lowest BCUT2D eigenvalue weighted by Gasteiger charge is -2.33. The number of carbonyl (C=O) groups excluding carboxylic acids is 2. The van der Waals surface area contributed by atoms with Crippen molar-refractivity contribution in [2.75, 3.05) is 4.90 Å². The molecular weight excluding hydrogens is 264 g/mol. The molecule has 0 radical (unpaired) electrons. The van der Waals surface area contributed by atoms with Crippen molar-refractivity contribution in [3.8, 4) is 0 Å². The number of carbonyl (C=O) groups is 2. The van der Waals surface area contributed by atoms with E-state index in [1.807, 2.05) is 36.9 Å². The van der Waals surface area contributed by atoms with Gasteiger partial charge >= 0.3 is 0 Å². The van der Waals surface area contributed by atoms with Crippen LogP contribution in [0.15, 0.2) is 24.3 Å². The summed E-state index contributed by atoms with van der Waals surface area (Å²) in [4.78, 5) is 27.2. The molecule has 0 spiro atoms. The molecule has 2 rings (SSSR count). The molecule has 2 amide bonds. The Hall–Kier alpha value is -1.84. The van der Waals surface area contributed by atoms with Crippen molar-refractivity contribution in [1.29, 1.82) is 0 Å². The zero-order chi connectivity index (χ0) is 15.6. The summed E-state index contributed by atoms with van der Waals surface area (Å²) in [6.07, 6.45) is 1.74. The van der Waals surface area contributed by atoms with E-state index in [4.69, 9.17) is 0 Å². The predicted octanol–water partition coefficient (Wildman–Crippen LogP) is 2.98. The standard InChI is InChI=1S/C17H24N2O2/c1-5-12(6-2)19-14-10-8-7-9-13(14)16(20)18-15(11(3)4)17(19)21/h7-12,15H,5-6H2,1-4H3,(H,18,20). The second-order valence-electron chi connectivity index (χ2n) is 5.89. The van der Waals surface area contributed by atoms with E-state index in [9.17, 15) is 9.59 Å². The van der Waals surface area contributed by atoms with Gasteiger partial charge in [0.2, 0.25) is 5.91 Å². The quantitative estimate of drug-likeness (QED) is 0.926. The van der Waals surface area contributed by atoms with E-state index in [0.29, 0.717) is 5.56 Å². The van der Waals surface area contributed by atoms with E-state index in [-0.39, 0.29) is 23.8 Å². The Kier molecular flexibility index (Phi) is 4.66. The van der Waals surface area contributed by atoms with Gasteiger partial charge in [-0.2, -0.15) is 0 Å². The van der Waals surface area contributed by atoms with Gasteiger partial charge in [-0.1, -0.05) is 39.8 Å². The molecular formula is C17H24N2O2. The van der Waals surface area contributed by atoms with Crippen LogP contribution in [0.4, 0.5) is 5.69 Å². The number of benzene rings is 1. The van der Waals surface area contributed by atoms with Crippen LogP contribution in [0.25, 0.3) is 0 Å². The second kappa shape index (κ2) is 6.29. The molecule has 114 valence electrons. The summed E-state index contributed by atoms with van der Waals surface area (Å²) in [6.45, 7) is 8.08. The summed E-state index contributed by atoms with van der Waals surface area (Å²) in [5.41, 5.74) is 1.32. The van der Waals surface area contributed by atoms with Gasteiger partial charge in [0, 0.05) is 6.04 Å². The molecule has 1 heterocycles. The van der Waals surface area contributed by atoms with Gasteiger partial charge in [-0.15, -0.1) is 0 Å². The van der Waals surface area contributed by atoms with E-state index < -0.39 is 6.04 Å². The highest BCUT2D eigenvalue weighted by Gasteiger charge is 2.37. The molecule has 21 heavy (non-hydrogen) atoms. The molecule has 1 aromatic rings. The van der Waals surface area contributed by atoms with Crippen molar-refractivity contribution in [3.05, 3.63) is 29.8 Å². The molecule has 4 nitrogen and oxygen atoms in total. The van der Waals surface area contributed by atoms with Crippen molar-refractivity contribution in [3.63, 3.8) is 0 Å². The third kappa shape index (κ3) is 2.80. The van der Waals surface area contributed by atoms with Crippen LogP contribution in [-0.2, 0) is 4.79 Å². The molecule has 0 bridgehead atoms. The maximum Gasteiger partial charge on any atom is 0.254 e. The summed E-state index contributed by atoms with van der Waals surface area (Å²) < 4.78 is 0. The number of hydrogen-bond acceptors (Lipinski definition) is 2. The Bertz CT molecular complexity index is 535. The third-order valence-electron chi connectivity index (χ3n) is 4.17. The molecule has 1 aliphatic rings. The predicted molar refractivity (Wildman–Crippen MR) is 84.4 cm³/mol. The summed E-state index contributed by atoms with van der Waals surface area (Å²) in [7, 11) is 0. The number of fused-ring (bicyclic) bond motifs is 1. The summed E-state index contributed by atoms with van der Waals surface area (Å²) in [6, 6.07) is 7.02. The monoisotopic (exact) mass is 288 g/mol. The van der Waals surface area contributed by atoms with Crippen LogP contribution in [-0.4, -0.2) is 23.9 Å². The maximum absolute atomic E-state index is 13.0. The van der Waals surface area contributed by atoms with Gasteiger partial charge in [-0.05, 0) is 30.9 Å². The van der Waals surface area contributed by atoms with Crippen molar-refractivity contribution in [2.24, 2.45) is 5.92 Å². The topological polar surface area (TPSA) is 49.4 Å². The van der Waals surface area contributed by atoms with Crippen LogP contribution < -0.4 is 10.2 Å². The fourth-order valence-electron chi connectivity index (χ4n) is 2.91. The summed E-state index contributed by atoms with van der Waals surface area (Å²) >= 11 is 0. The van der Waals surface area contributed by atoms with Crippen LogP contribution in [0.1, 0.15) is 50.9 Å². The first-order chi connectivity index (χ1) is 10.0. The molecule has 0 fully saturated rings. The summed E-state index contributed by atoms with van der Waals surface area (Å²) in [5.74, 6) is -0.101. The van der Waals surface area contributed by atoms with Crippen molar-refractivity contribution in [2.45, 2.75) is 52.6 Å². The summed E-state index contributed by atoms with van der Waals surface area (Å²) in [5, 5.41) is 2.89. The normalized spacial score (nSPS) is 18.8. The number of anilines is 1. The third-order valence-corrected chi connectivity index (χ3v) is 4.17. The molecule has 1 unspecified atom stereocenters. The van der Waals surface area contributed by atoms with E-state index in [2.05, 4.69) is 19.2 Å². The number of rotatable bonds is 4. The largest absolute Gasteiger partial charge is 0.340 e. The number of amides is 2. The highest BCUT2D eigenvalue weighted by atomic mass is 16.2. The minimum absolute atomic E-state index is 0.00278. The van der Waals surface area contributed by atoms with Crippen molar-refractivity contribution in [1.82, 2.24) is 5.32 Å². The first-order valence-corrected chi connectivity index (χ1v) is 7.74. The second-order valence-corrected chi connectivity index (χ2v) is 5.89. The van der Waals surface area contributed by atoms with Crippen molar-refractivity contribution >= 4 is 17.5 Å². The number of hydrogen-bond donors (Lipinski definition) is 1. The first kappa shape index (κ1) is 15.5. The Morgan fingerprint density at radius 1 is 1.14 bits per heavy atom. The molecule has 1 aromatic carbocycles. The van der Waals surface area contributed by atoms with E-state index in [0.717, 1.165) is 18.5 Å². The molecule has 0 saturated carbocycles. The van der Waals surface area contributed by atoms with E-state index >= 15 is 0 Å². The van der Waals surface area contributed by atoms with Gasteiger partial charge in [-0.25, -0.2) is 0 Å². The van der Waals surface area contributed by atoms with Crippen LogP contribution in [0.3, 0.4) is 0 Å². The Morgan fingerprint density at radius 2 is 1.76 bits per heavy atom. The van der Waals surface area contributed by atoms with E-state index in [1.54, 1.807) is 6.07 Å². The van der Waals surface area contributed by atoms with Crippen LogP contribution in [0.5, 0.6) is 0 Å². The Balaban J connectivity index is 2.58. The average molecular weight is 288 g/mol. The molecule has 1 N–H and O–H groups in total. The van der Waals surface area contributed by atoms with Crippen LogP contribution >= 0.6 is 0 Å². The highest BCUT2D eigenvalue weighted by molar-refractivity contribution is 6.11. The average Bonchev–Trinajstić information content (AvgIpc) is 2.58. The number of nitrogens with one attached hydrogen (secondary N) is 1. The number of para-hydroxylation sites is 1. The first-order valence-electron chi connectivity index (χ1n) is 7.74. The fraction of sp³-hybridized carbons (Fsp3) is 0.529. The minimum Gasteiger partial charge on any atom is -0.340 e. The zero-order valence-electron chi connectivity index (χ0n) is 13.2. The molecule has 1 atom stereocenters. The lowest BCUT2D eigenvalue weighted by Crippen LogP contribution is -2.51. The zero-order valence-corrected chi connectivity index (χ0v) is 13.2. The Labute approximate surface area is 126 Å². The lowest BCUT2D eigenvalue weighted by atomic mass is 10.0. The Morgan fingerprint density at radius 3 is 2.33 bits per heavy atom. The SMILES string of the molecule is CCC(CC)N1C(=O)C(C(C)C)NC(=O)c2ccccc21. The van der Waals surface area contributed by atoms with Gasteiger partial charge in [-0.3, -0.25) is 9.59 Å². The van der Waals surface area contributed by atoms with Crippen molar-refractivity contribution < 1.29 is 9.59 Å². The lowest BCUT2D eigenvalue weighted by molar-refractivity contribution is -0.121. The highest BCUT2D eigenvalue weighted by Crippen LogP contribution is 2.29. The van der Waals surface area contributed by atoms with Crippen LogP contribution in [0.2, 0.25) is 0 Å². The van der Waals surface area contributed by atoms with Crippen LogP contribution in [0, 0.1) is 5.92 Å². The van der Waals surface area contributed by atoms with Gasteiger partial charge in [0.1, 0.15) is 6.04 Å². The fourth-order valence-corrected chi connectivity index (χ4v) is 2.91. The van der Waals surface area contributed by atoms with Gasteiger partial charge in [0.15, 0.2) is 0 Å².